The number of thioether (sulfide) groups is 1. The van der Waals surface area contributed by atoms with Crippen LogP contribution < -0.4 is 0 Å². The van der Waals surface area contributed by atoms with Crippen molar-refractivity contribution in [1.82, 2.24) is 0 Å². The summed E-state index contributed by atoms with van der Waals surface area (Å²) in [4.78, 5) is 11.5. The molecule has 1 N–H and O–H groups in total. The molecule has 0 saturated heterocycles. The van der Waals surface area contributed by atoms with Crippen LogP contribution in [0.5, 0.6) is 0 Å². The SMILES string of the molecule is CC(C)OC(=O)CSC1CCCCCCC1=NO. The molecule has 0 bridgehead atoms. The van der Waals surface area contributed by atoms with E-state index in [1.165, 1.54) is 24.6 Å². The Bertz CT molecular complexity index is 292. The molecular formula is C13H23NO3S. The first-order chi connectivity index (χ1) is 8.63. The van der Waals surface area contributed by atoms with Crippen molar-refractivity contribution in [3.63, 3.8) is 0 Å². The van der Waals surface area contributed by atoms with E-state index in [1.54, 1.807) is 0 Å². The van der Waals surface area contributed by atoms with Gasteiger partial charge >= 0.3 is 5.97 Å². The van der Waals surface area contributed by atoms with E-state index in [9.17, 15) is 4.79 Å². The van der Waals surface area contributed by atoms with Gasteiger partial charge in [0.15, 0.2) is 0 Å². The fourth-order valence-electron chi connectivity index (χ4n) is 2.08. The standard InChI is InChI=1S/C13H23NO3S/c1-10(2)17-13(15)9-18-12-8-6-4-3-5-7-11(12)14-16/h10,12,16H,3-9H2,1-2H3. The molecule has 1 aliphatic rings. The van der Waals surface area contributed by atoms with Gasteiger partial charge in [-0.1, -0.05) is 24.4 Å². The molecule has 4 nitrogen and oxygen atoms in total. The first-order valence-electron chi connectivity index (χ1n) is 6.65. The third kappa shape index (κ3) is 5.76. The van der Waals surface area contributed by atoms with Crippen molar-refractivity contribution >= 4 is 23.4 Å². The van der Waals surface area contributed by atoms with Crippen molar-refractivity contribution in [1.29, 1.82) is 0 Å². The van der Waals surface area contributed by atoms with Crippen LogP contribution in [0.1, 0.15) is 52.4 Å². The highest BCUT2D eigenvalue weighted by Crippen LogP contribution is 2.25. The molecule has 1 rings (SSSR count). The predicted octanol–water partition coefficient (Wildman–Crippen LogP) is 3.22. The van der Waals surface area contributed by atoms with Crippen LogP contribution in [0, 0.1) is 0 Å². The Labute approximate surface area is 113 Å². The normalized spacial score (nSPS) is 23.7. The average molecular weight is 273 g/mol. The molecule has 0 radical (unpaired) electrons. The minimum atomic E-state index is -0.186. The molecule has 1 fully saturated rings. The summed E-state index contributed by atoms with van der Waals surface area (Å²) in [6.45, 7) is 3.69. The second-order valence-electron chi connectivity index (χ2n) is 4.88. The van der Waals surface area contributed by atoms with Crippen LogP contribution in [0.25, 0.3) is 0 Å². The van der Waals surface area contributed by atoms with E-state index < -0.39 is 0 Å². The first-order valence-corrected chi connectivity index (χ1v) is 7.70. The number of ether oxygens (including phenoxy) is 1. The Morgan fingerprint density at radius 3 is 2.83 bits per heavy atom. The lowest BCUT2D eigenvalue weighted by atomic mass is 9.99. The highest BCUT2D eigenvalue weighted by molar-refractivity contribution is 8.01. The lowest BCUT2D eigenvalue weighted by Crippen LogP contribution is -2.22. The monoisotopic (exact) mass is 273 g/mol. The Hall–Kier alpha value is -0.710. The molecule has 0 amide bonds. The van der Waals surface area contributed by atoms with Crippen LogP contribution in [0.3, 0.4) is 0 Å². The van der Waals surface area contributed by atoms with Gasteiger partial charge in [-0.15, -0.1) is 11.8 Å². The third-order valence-corrected chi connectivity index (χ3v) is 4.23. The van der Waals surface area contributed by atoms with E-state index in [4.69, 9.17) is 9.94 Å². The zero-order valence-electron chi connectivity index (χ0n) is 11.2. The maximum atomic E-state index is 11.5. The van der Waals surface area contributed by atoms with Gasteiger partial charge in [0.05, 0.1) is 17.6 Å². The van der Waals surface area contributed by atoms with Gasteiger partial charge in [-0.25, -0.2) is 0 Å². The number of oxime groups is 1. The maximum absolute atomic E-state index is 11.5. The Morgan fingerprint density at radius 2 is 2.17 bits per heavy atom. The molecule has 1 aliphatic carbocycles. The Morgan fingerprint density at radius 1 is 1.44 bits per heavy atom. The minimum Gasteiger partial charge on any atom is -0.462 e. The number of esters is 1. The molecule has 0 heterocycles. The molecule has 104 valence electrons. The smallest absolute Gasteiger partial charge is 0.316 e. The summed E-state index contributed by atoms with van der Waals surface area (Å²) >= 11 is 1.54. The molecule has 0 aliphatic heterocycles. The number of hydrogen-bond acceptors (Lipinski definition) is 5. The minimum absolute atomic E-state index is 0.0681. The number of nitrogens with zero attached hydrogens (tertiary/aromatic N) is 1. The van der Waals surface area contributed by atoms with Crippen LogP contribution in [0.4, 0.5) is 0 Å². The van der Waals surface area contributed by atoms with Crippen molar-refractivity contribution in [2.24, 2.45) is 5.16 Å². The fraction of sp³-hybridized carbons (Fsp3) is 0.846. The van der Waals surface area contributed by atoms with Crippen molar-refractivity contribution < 1.29 is 14.7 Å². The summed E-state index contributed by atoms with van der Waals surface area (Å²) in [5.41, 5.74) is 0.831. The molecule has 1 saturated carbocycles. The predicted molar refractivity (Wildman–Crippen MR) is 74.4 cm³/mol. The zero-order valence-corrected chi connectivity index (χ0v) is 12.0. The Balaban J connectivity index is 2.43. The molecular weight excluding hydrogens is 250 g/mol. The van der Waals surface area contributed by atoms with Crippen LogP contribution in [0.2, 0.25) is 0 Å². The molecule has 0 aromatic rings. The topological polar surface area (TPSA) is 58.9 Å². The van der Waals surface area contributed by atoms with Crippen molar-refractivity contribution in [2.45, 2.75) is 63.7 Å². The quantitative estimate of drug-likeness (QED) is 0.485. The average Bonchev–Trinajstić information content (AvgIpc) is 2.27. The van der Waals surface area contributed by atoms with E-state index in [0.29, 0.717) is 5.75 Å². The van der Waals surface area contributed by atoms with E-state index in [1.807, 2.05) is 13.8 Å². The molecule has 1 atom stereocenters. The van der Waals surface area contributed by atoms with Gasteiger partial charge in [0.25, 0.3) is 0 Å². The number of carbonyl (C=O) groups excluding carboxylic acids is 1. The van der Waals surface area contributed by atoms with Crippen LogP contribution >= 0.6 is 11.8 Å². The van der Waals surface area contributed by atoms with Gasteiger partial charge in [0.2, 0.25) is 0 Å². The summed E-state index contributed by atoms with van der Waals surface area (Å²) in [5, 5.41) is 12.6. The van der Waals surface area contributed by atoms with Crippen molar-refractivity contribution in [2.75, 3.05) is 5.75 Å². The lowest BCUT2D eigenvalue weighted by Gasteiger charge is -2.20. The van der Waals surface area contributed by atoms with E-state index in [-0.39, 0.29) is 17.3 Å². The van der Waals surface area contributed by atoms with Gasteiger partial charge in [-0.05, 0) is 33.1 Å². The second-order valence-corrected chi connectivity index (χ2v) is 6.07. The number of carbonyl (C=O) groups is 1. The highest BCUT2D eigenvalue weighted by atomic mass is 32.2. The molecule has 1 unspecified atom stereocenters. The fourth-order valence-corrected chi connectivity index (χ4v) is 3.17. The second kappa shape index (κ2) is 8.40. The third-order valence-electron chi connectivity index (χ3n) is 2.92. The van der Waals surface area contributed by atoms with E-state index >= 15 is 0 Å². The maximum Gasteiger partial charge on any atom is 0.316 e. The number of hydrogen-bond donors (Lipinski definition) is 1. The Kier molecular flexibility index (Phi) is 7.16. The molecule has 0 aromatic carbocycles. The lowest BCUT2D eigenvalue weighted by molar-refractivity contribution is -0.144. The summed E-state index contributed by atoms with van der Waals surface area (Å²) in [6.07, 6.45) is 6.40. The van der Waals surface area contributed by atoms with Gasteiger partial charge < -0.3 is 9.94 Å². The van der Waals surface area contributed by atoms with E-state index in [0.717, 1.165) is 31.4 Å². The van der Waals surface area contributed by atoms with Crippen LogP contribution in [0.15, 0.2) is 5.16 Å². The molecule has 5 heteroatoms. The van der Waals surface area contributed by atoms with Gasteiger partial charge in [-0.3, -0.25) is 4.79 Å². The van der Waals surface area contributed by atoms with E-state index in [2.05, 4.69) is 5.16 Å². The van der Waals surface area contributed by atoms with Crippen LogP contribution in [-0.2, 0) is 9.53 Å². The number of rotatable bonds is 4. The van der Waals surface area contributed by atoms with Crippen molar-refractivity contribution in [3.8, 4) is 0 Å². The van der Waals surface area contributed by atoms with Crippen LogP contribution in [-0.4, -0.2) is 34.0 Å². The van der Waals surface area contributed by atoms with Gasteiger partial charge in [0, 0.05) is 5.25 Å². The van der Waals surface area contributed by atoms with Gasteiger partial charge in [-0.2, -0.15) is 0 Å². The first kappa shape index (κ1) is 15.3. The largest absolute Gasteiger partial charge is 0.462 e. The highest BCUT2D eigenvalue weighted by Gasteiger charge is 2.20. The molecule has 0 aromatic heterocycles. The summed E-state index contributed by atoms with van der Waals surface area (Å²) in [5.74, 6) is 0.149. The summed E-state index contributed by atoms with van der Waals surface area (Å²) in [6, 6.07) is 0. The summed E-state index contributed by atoms with van der Waals surface area (Å²) < 4.78 is 5.10. The molecule has 18 heavy (non-hydrogen) atoms. The molecule has 0 spiro atoms. The van der Waals surface area contributed by atoms with Crippen molar-refractivity contribution in [3.05, 3.63) is 0 Å². The zero-order chi connectivity index (χ0) is 13.4. The van der Waals surface area contributed by atoms with Gasteiger partial charge in [0.1, 0.15) is 0 Å². The summed E-state index contributed by atoms with van der Waals surface area (Å²) in [7, 11) is 0.